The monoisotopic (exact) mass is 286 g/mol. The fourth-order valence-electron chi connectivity index (χ4n) is 3.27. The fraction of sp³-hybridized carbons (Fsp3) is 1.00. The average molecular weight is 286 g/mol. The highest BCUT2D eigenvalue weighted by Gasteiger charge is 2.34. The molecule has 4 heteroatoms. The molecule has 0 aromatic carbocycles. The zero-order valence-corrected chi connectivity index (χ0v) is 13.5. The summed E-state index contributed by atoms with van der Waals surface area (Å²) in [7, 11) is 0. The Morgan fingerprint density at radius 1 is 1.16 bits per heavy atom. The molecular weight excluding hydrogens is 256 g/mol. The van der Waals surface area contributed by atoms with Crippen molar-refractivity contribution in [2.75, 3.05) is 51.7 Å². The molecular formula is C15H30N2OS. The molecule has 0 amide bonds. The predicted octanol–water partition coefficient (Wildman–Crippen LogP) is 2.13. The summed E-state index contributed by atoms with van der Waals surface area (Å²) < 4.78 is 5.52. The molecule has 112 valence electrons. The number of ether oxygens (including phenoxy) is 1. The Labute approximate surface area is 124 Å². The lowest BCUT2D eigenvalue weighted by atomic mass is 9.81. The third-order valence-electron chi connectivity index (χ3n) is 5.07. The summed E-state index contributed by atoms with van der Waals surface area (Å²) in [5.74, 6) is 1.00. The van der Waals surface area contributed by atoms with Gasteiger partial charge in [0.25, 0.3) is 0 Å². The molecule has 0 aliphatic carbocycles. The third-order valence-corrected chi connectivity index (χ3v) is 5.74. The van der Waals surface area contributed by atoms with Crippen molar-refractivity contribution in [1.29, 1.82) is 0 Å². The Morgan fingerprint density at radius 2 is 1.79 bits per heavy atom. The second-order valence-corrected chi connectivity index (χ2v) is 6.66. The van der Waals surface area contributed by atoms with E-state index in [-0.39, 0.29) is 0 Å². The van der Waals surface area contributed by atoms with Crippen LogP contribution in [-0.2, 0) is 4.74 Å². The van der Waals surface area contributed by atoms with Crippen LogP contribution in [0.25, 0.3) is 0 Å². The number of hydrogen-bond donors (Lipinski definition) is 1. The van der Waals surface area contributed by atoms with Gasteiger partial charge in [0.2, 0.25) is 0 Å². The zero-order chi connectivity index (χ0) is 13.7. The lowest BCUT2D eigenvalue weighted by molar-refractivity contribution is -0.00369. The highest BCUT2D eigenvalue weighted by atomic mass is 32.1. The Balaban J connectivity index is 1.81. The maximum Gasteiger partial charge on any atom is 0.0472 e. The third kappa shape index (κ3) is 4.10. The maximum absolute atomic E-state index is 5.52. The maximum atomic E-state index is 5.52. The van der Waals surface area contributed by atoms with Gasteiger partial charge in [-0.15, -0.1) is 0 Å². The smallest absolute Gasteiger partial charge is 0.0472 e. The number of nitrogens with zero attached hydrogens (tertiary/aromatic N) is 2. The van der Waals surface area contributed by atoms with E-state index in [0.717, 1.165) is 25.0 Å². The van der Waals surface area contributed by atoms with Crippen LogP contribution in [0.15, 0.2) is 0 Å². The first-order chi connectivity index (χ1) is 9.19. The van der Waals surface area contributed by atoms with Gasteiger partial charge in [0, 0.05) is 52.0 Å². The van der Waals surface area contributed by atoms with Crippen molar-refractivity contribution in [1.82, 2.24) is 9.80 Å². The van der Waals surface area contributed by atoms with Gasteiger partial charge >= 0.3 is 0 Å². The Hall–Kier alpha value is 0.230. The van der Waals surface area contributed by atoms with Crippen molar-refractivity contribution in [3.05, 3.63) is 0 Å². The van der Waals surface area contributed by atoms with Gasteiger partial charge in [-0.3, -0.25) is 4.90 Å². The van der Waals surface area contributed by atoms with Gasteiger partial charge in [-0.25, -0.2) is 0 Å². The summed E-state index contributed by atoms with van der Waals surface area (Å²) in [5.41, 5.74) is 0.403. The number of rotatable bonds is 5. The lowest BCUT2D eigenvalue weighted by Crippen LogP contribution is -2.53. The summed E-state index contributed by atoms with van der Waals surface area (Å²) in [4.78, 5) is 5.29. The minimum absolute atomic E-state index is 0.403. The molecule has 0 spiro atoms. The molecule has 3 nitrogen and oxygen atoms in total. The minimum Gasteiger partial charge on any atom is -0.381 e. The molecule has 1 unspecified atom stereocenters. The minimum atomic E-state index is 0.403. The summed E-state index contributed by atoms with van der Waals surface area (Å²) in [6, 6.07) is 0.740. The first-order valence-electron chi connectivity index (χ1n) is 7.84. The molecule has 2 saturated heterocycles. The molecule has 2 rings (SSSR count). The molecule has 0 bridgehead atoms. The van der Waals surface area contributed by atoms with Crippen LogP contribution in [0.1, 0.15) is 33.1 Å². The van der Waals surface area contributed by atoms with E-state index in [1.807, 2.05) is 0 Å². The van der Waals surface area contributed by atoms with Crippen molar-refractivity contribution in [3.8, 4) is 0 Å². The fourth-order valence-corrected chi connectivity index (χ4v) is 3.68. The first kappa shape index (κ1) is 15.6. The average Bonchev–Trinajstić information content (AvgIpc) is 2.48. The largest absolute Gasteiger partial charge is 0.381 e. The summed E-state index contributed by atoms with van der Waals surface area (Å²) in [6.07, 6.45) is 3.63. The molecule has 1 atom stereocenters. The van der Waals surface area contributed by atoms with Crippen LogP contribution in [0.3, 0.4) is 0 Å². The molecule has 0 aromatic heterocycles. The van der Waals surface area contributed by atoms with E-state index in [4.69, 9.17) is 4.74 Å². The van der Waals surface area contributed by atoms with Crippen LogP contribution in [0.2, 0.25) is 0 Å². The first-order valence-corrected chi connectivity index (χ1v) is 8.47. The van der Waals surface area contributed by atoms with Crippen LogP contribution < -0.4 is 0 Å². The summed E-state index contributed by atoms with van der Waals surface area (Å²) in [6.45, 7) is 12.6. The number of thiol groups is 1. The summed E-state index contributed by atoms with van der Waals surface area (Å²) >= 11 is 4.62. The van der Waals surface area contributed by atoms with Gasteiger partial charge in [0.1, 0.15) is 0 Å². The van der Waals surface area contributed by atoms with Crippen molar-refractivity contribution >= 4 is 12.6 Å². The van der Waals surface area contributed by atoms with Gasteiger partial charge < -0.3 is 9.64 Å². The van der Waals surface area contributed by atoms with E-state index in [1.54, 1.807) is 0 Å². The molecule has 19 heavy (non-hydrogen) atoms. The van der Waals surface area contributed by atoms with E-state index < -0.39 is 0 Å². The topological polar surface area (TPSA) is 15.7 Å². The van der Waals surface area contributed by atoms with E-state index in [1.165, 1.54) is 52.0 Å². The SMILES string of the molecule is CCC(C)N1CCN(CC2(CS)CCOCC2)CC1. The highest BCUT2D eigenvalue weighted by Crippen LogP contribution is 2.33. The van der Waals surface area contributed by atoms with Gasteiger partial charge in [0.05, 0.1) is 0 Å². The standard InChI is InChI=1S/C15H30N2OS/c1-3-14(2)17-8-6-16(7-9-17)12-15(13-19)4-10-18-11-5-15/h14,19H,3-13H2,1-2H3. The van der Waals surface area contributed by atoms with Gasteiger partial charge in [-0.2, -0.15) is 12.6 Å². The van der Waals surface area contributed by atoms with Gasteiger partial charge in [0.15, 0.2) is 0 Å². The van der Waals surface area contributed by atoms with Crippen molar-refractivity contribution < 1.29 is 4.74 Å². The van der Waals surface area contributed by atoms with E-state index in [9.17, 15) is 0 Å². The molecule has 2 fully saturated rings. The lowest BCUT2D eigenvalue weighted by Gasteiger charge is -2.44. The van der Waals surface area contributed by atoms with Gasteiger partial charge in [-0.1, -0.05) is 6.92 Å². The molecule has 2 aliphatic rings. The van der Waals surface area contributed by atoms with Crippen molar-refractivity contribution in [2.24, 2.45) is 5.41 Å². The molecule has 0 aromatic rings. The normalized spacial score (nSPS) is 27.3. The van der Waals surface area contributed by atoms with Crippen molar-refractivity contribution in [3.63, 3.8) is 0 Å². The second kappa shape index (κ2) is 7.30. The molecule has 0 saturated carbocycles. The van der Waals surface area contributed by atoms with Gasteiger partial charge in [-0.05, 0) is 37.4 Å². The van der Waals surface area contributed by atoms with Crippen LogP contribution in [0.5, 0.6) is 0 Å². The highest BCUT2D eigenvalue weighted by molar-refractivity contribution is 7.80. The zero-order valence-electron chi connectivity index (χ0n) is 12.6. The number of hydrogen-bond acceptors (Lipinski definition) is 4. The van der Waals surface area contributed by atoms with Crippen LogP contribution in [0.4, 0.5) is 0 Å². The van der Waals surface area contributed by atoms with Crippen molar-refractivity contribution in [2.45, 2.75) is 39.2 Å². The van der Waals surface area contributed by atoms with Crippen LogP contribution in [-0.4, -0.2) is 67.5 Å². The number of piperazine rings is 1. The Morgan fingerprint density at radius 3 is 2.32 bits per heavy atom. The predicted molar refractivity (Wildman–Crippen MR) is 84.1 cm³/mol. The molecule has 0 N–H and O–H groups in total. The summed E-state index contributed by atoms with van der Waals surface area (Å²) in [5, 5.41) is 0. The Bertz CT molecular complexity index is 261. The van der Waals surface area contributed by atoms with Crippen LogP contribution in [0, 0.1) is 5.41 Å². The van der Waals surface area contributed by atoms with E-state index in [2.05, 4.69) is 36.3 Å². The Kier molecular flexibility index (Phi) is 6.00. The second-order valence-electron chi connectivity index (χ2n) is 6.34. The molecule has 0 radical (unpaired) electrons. The van der Waals surface area contributed by atoms with E-state index in [0.29, 0.717) is 5.41 Å². The molecule has 2 heterocycles. The van der Waals surface area contributed by atoms with Crippen LogP contribution >= 0.6 is 12.6 Å². The van der Waals surface area contributed by atoms with E-state index >= 15 is 0 Å². The quantitative estimate of drug-likeness (QED) is 0.780. The molecule has 2 aliphatic heterocycles.